The van der Waals surface area contributed by atoms with Gasteiger partial charge in [-0.05, 0) is 24.5 Å². The first-order valence-corrected chi connectivity index (χ1v) is 6.01. The summed E-state index contributed by atoms with van der Waals surface area (Å²) in [7, 11) is 0. The van der Waals surface area contributed by atoms with Crippen LogP contribution in [-0.4, -0.2) is 28.5 Å². The maximum Gasteiger partial charge on any atom is 0.261 e. The lowest BCUT2D eigenvalue weighted by molar-refractivity contribution is 0.185. The molecule has 18 heavy (non-hydrogen) atoms. The Morgan fingerprint density at radius 1 is 1.33 bits per heavy atom. The zero-order chi connectivity index (χ0) is 12.4. The van der Waals surface area contributed by atoms with Crippen LogP contribution < -0.4 is 0 Å². The molecule has 0 spiro atoms. The highest BCUT2D eigenvalue weighted by Crippen LogP contribution is 2.27. The van der Waals surface area contributed by atoms with Crippen LogP contribution in [0.1, 0.15) is 12.2 Å². The minimum absolute atomic E-state index is 0.150. The van der Waals surface area contributed by atoms with Crippen molar-refractivity contribution in [3.63, 3.8) is 0 Å². The molecule has 0 radical (unpaired) electrons. The number of phenolic OH excluding ortho intramolecular Hbond substituents is 1. The van der Waals surface area contributed by atoms with E-state index < -0.39 is 0 Å². The van der Waals surface area contributed by atoms with E-state index in [9.17, 15) is 5.11 Å². The van der Waals surface area contributed by atoms with Crippen molar-refractivity contribution in [1.82, 2.24) is 10.1 Å². The Bertz CT molecular complexity index is 533. The predicted molar refractivity (Wildman–Crippen MR) is 64.0 cm³/mol. The van der Waals surface area contributed by atoms with Crippen molar-refractivity contribution in [2.75, 3.05) is 13.2 Å². The summed E-state index contributed by atoms with van der Waals surface area (Å²) in [6.45, 7) is 1.58. The lowest BCUT2D eigenvalue weighted by Gasteiger charge is -2.01. The molecule has 1 aromatic heterocycles. The third-order valence-electron chi connectivity index (χ3n) is 3.10. The zero-order valence-corrected chi connectivity index (χ0v) is 9.87. The molecule has 3 rings (SSSR count). The van der Waals surface area contributed by atoms with E-state index in [1.54, 1.807) is 18.2 Å². The number of ether oxygens (including phenoxy) is 1. The molecule has 1 aliphatic rings. The van der Waals surface area contributed by atoms with Crippen LogP contribution in [0.5, 0.6) is 5.75 Å². The van der Waals surface area contributed by atoms with Gasteiger partial charge in [0.25, 0.3) is 5.89 Å². The summed E-state index contributed by atoms with van der Waals surface area (Å²) in [6.07, 6.45) is 1.80. The van der Waals surface area contributed by atoms with Gasteiger partial charge in [-0.3, -0.25) is 0 Å². The van der Waals surface area contributed by atoms with E-state index in [1.165, 1.54) is 0 Å². The van der Waals surface area contributed by atoms with Gasteiger partial charge >= 0.3 is 0 Å². The lowest BCUT2D eigenvalue weighted by Crippen LogP contribution is -2.04. The number of rotatable bonds is 3. The molecule has 0 aliphatic carbocycles. The molecular weight excluding hydrogens is 232 g/mol. The summed E-state index contributed by atoms with van der Waals surface area (Å²) in [4.78, 5) is 4.31. The number of benzene rings is 1. The number of hydrogen-bond donors (Lipinski definition) is 1. The molecule has 1 fully saturated rings. The van der Waals surface area contributed by atoms with Gasteiger partial charge < -0.3 is 14.4 Å². The molecule has 1 saturated heterocycles. The van der Waals surface area contributed by atoms with E-state index in [2.05, 4.69) is 10.1 Å². The highest BCUT2D eigenvalue weighted by atomic mass is 16.5. The zero-order valence-electron chi connectivity index (χ0n) is 9.87. The molecule has 2 aromatic rings. The second-order valence-corrected chi connectivity index (χ2v) is 4.47. The van der Waals surface area contributed by atoms with Gasteiger partial charge in [0.15, 0.2) is 5.82 Å². The Morgan fingerprint density at radius 2 is 2.22 bits per heavy atom. The van der Waals surface area contributed by atoms with Crippen molar-refractivity contribution in [2.45, 2.75) is 12.8 Å². The van der Waals surface area contributed by atoms with E-state index in [4.69, 9.17) is 9.26 Å². The number of aromatic hydroxyl groups is 1. The third kappa shape index (κ3) is 2.22. The first kappa shape index (κ1) is 11.2. The van der Waals surface area contributed by atoms with Crippen molar-refractivity contribution < 1.29 is 14.4 Å². The summed E-state index contributed by atoms with van der Waals surface area (Å²) in [5, 5.41) is 13.7. The Morgan fingerprint density at radius 3 is 3.00 bits per heavy atom. The Balaban J connectivity index is 1.79. The van der Waals surface area contributed by atoms with Crippen molar-refractivity contribution in [3.05, 3.63) is 30.1 Å². The van der Waals surface area contributed by atoms with Crippen LogP contribution in [0.25, 0.3) is 11.5 Å². The van der Waals surface area contributed by atoms with Crippen molar-refractivity contribution in [2.24, 2.45) is 5.92 Å². The maximum absolute atomic E-state index is 9.71. The molecule has 0 saturated carbocycles. The van der Waals surface area contributed by atoms with Gasteiger partial charge in [-0.25, -0.2) is 0 Å². The van der Waals surface area contributed by atoms with Crippen LogP contribution in [-0.2, 0) is 11.2 Å². The minimum Gasteiger partial charge on any atom is -0.507 e. The molecule has 0 bridgehead atoms. The Kier molecular flexibility index (Phi) is 2.98. The smallest absolute Gasteiger partial charge is 0.261 e. The normalized spacial score (nSPS) is 19.2. The summed E-state index contributed by atoms with van der Waals surface area (Å²) in [5.74, 6) is 1.66. The SMILES string of the molecule is Oc1ccccc1-c1nc(CC2CCOC2)no1. The fourth-order valence-corrected chi connectivity index (χ4v) is 2.10. The first-order valence-electron chi connectivity index (χ1n) is 6.01. The van der Waals surface area contributed by atoms with E-state index in [0.717, 1.165) is 26.1 Å². The van der Waals surface area contributed by atoms with Crippen LogP contribution in [0.15, 0.2) is 28.8 Å². The molecule has 2 heterocycles. The number of phenols is 1. The van der Waals surface area contributed by atoms with Crippen LogP contribution in [0.4, 0.5) is 0 Å². The van der Waals surface area contributed by atoms with Crippen molar-refractivity contribution >= 4 is 0 Å². The predicted octanol–water partition coefficient (Wildman–Crippen LogP) is 2.02. The highest BCUT2D eigenvalue weighted by Gasteiger charge is 2.20. The maximum atomic E-state index is 9.71. The summed E-state index contributed by atoms with van der Waals surface area (Å²) >= 11 is 0. The average Bonchev–Trinajstić information content (AvgIpc) is 3.02. The summed E-state index contributed by atoms with van der Waals surface area (Å²) in [5.41, 5.74) is 0.568. The third-order valence-corrected chi connectivity index (χ3v) is 3.10. The van der Waals surface area contributed by atoms with Crippen molar-refractivity contribution in [3.8, 4) is 17.2 Å². The summed E-state index contributed by atoms with van der Waals surface area (Å²) in [6, 6.07) is 6.94. The Labute approximate surface area is 104 Å². The van der Waals surface area contributed by atoms with Gasteiger partial charge in [0.05, 0.1) is 5.56 Å². The molecular formula is C13H14N2O3. The van der Waals surface area contributed by atoms with Gasteiger partial charge in [-0.15, -0.1) is 0 Å². The largest absolute Gasteiger partial charge is 0.507 e. The second kappa shape index (κ2) is 4.78. The number of aromatic nitrogens is 2. The van der Waals surface area contributed by atoms with Gasteiger partial charge in [0.2, 0.25) is 0 Å². The van der Waals surface area contributed by atoms with Gasteiger partial charge in [-0.1, -0.05) is 17.3 Å². The van der Waals surface area contributed by atoms with Crippen LogP contribution in [0.2, 0.25) is 0 Å². The molecule has 94 valence electrons. The molecule has 1 aromatic carbocycles. The molecule has 5 heteroatoms. The number of nitrogens with zero attached hydrogens (tertiary/aromatic N) is 2. The fraction of sp³-hybridized carbons (Fsp3) is 0.385. The number of para-hydroxylation sites is 1. The monoisotopic (exact) mass is 246 g/mol. The molecule has 5 nitrogen and oxygen atoms in total. The first-order chi connectivity index (χ1) is 8.83. The molecule has 1 atom stereocenters. The second-order valence-electron chi connectivity index (χ2n) is 4.47. The minimum atomic E-state index is 0.150. The van der Waals surface area contributed by atoms with Crippen LogP contribution in [0.3, 0.4) is 0 Å². The van der Waals surface area contributed by atoms with Crippen LogP contribution >= 0.6 is 0 Å². The average molecular weight is 246 g/mol. The van der Waals surface area contributed by atoms with Crippen LogP contribution in [0, 0.1) is 5.92 Å². The van der Waals surface area contributed by atoms with E-state index in [1.807, 2.05) is 6.07 Å². The van der Waals surface area contributed by atoms with Crippen molar-refractivity contribution in [1.29, 1.82) is 0 Å². The lowest BCUT2D eigenvalue weighted by atomic mass is 10.1. The highest BCUT2D eigenvalue weighted by molar-refractivity contribution is 5.61. The molecule has 1 N–H and O–H groups in total. The van der Waals surface area contributed by atoms with Gasteiger partial charge in [0.1, 0.15) is 5.75 Å². The van der Waals surface area contributed by atoms with Gasteiger partial charge in [0, 0.05) is 19.6 Å². The summed E-state index contributed by atoms with van der Waals surface area (Å²) < 4.78 is 10.5. The topological polar surface area (TPSA) is 68.4 Å². The fourth-order valence-electron chi connectivity index (χ4n) is 2.10. The standard InChI is InChI=1S/C13H14N2O3/c16-11-4-2-1-3-10(11)13-14-12(15-18-13)7-9-5-6-17-8-9/h1-4,9,16H,5-8H2. The van der Waals surface area contributed by atoms with E-state index in [0.29, 0.717) is 23.2 Å². The molecule has 0 amide bonds. The molecule has 1 aliphatic heterocycles. The Hall–Kier alpha value is -1.88. The number of hydrogen-bond acceptors (Lipinski definition) is 5. The van der Waals surface area contributed by atoms with E-state index >= 15 is 0 Å². The molecule has 1 unspecified atom stereocenters. The van der Waals surface area contributed by atoms with E-state index in [-0.39, 0.29) is 5.75 Å². The van der Waals surface area contributed by atoms with Gasteiger partial charge in [-0.2, -0.15) is 4.98 Å². The quantitative estimate of drug-likeness (QED) is 0.897.